The van der Waals surface area contributed by atoms with E-state index in [0.29, 0.717) is 37.5 Å². The number of pyridine rings is 1. The number of likely N-dealkylation sites (tertiary alicyclic amines) is 1. The van der Waals surface area contributed by atoms with E-state index in [0.717, 1.165) is 25.9 Å². The molecule has 0 spiro atoms. The van der Waals surface area contributed by atoms with Crippen LogP contribution in [0.3, 0.4) is 0 Å². The minimum Gasteiger partial charge on any atom is -0.466 e. The molecule has 1 aromatic rings. The fourth-order valence-corrected chi connectivity index (χ4v) is 3.70. The Morgan fingerprint density at radius 2 is 2.00 bits per heavy atom. The van der Waals surface area contributed by atoms with Gasteiger partial charge in [-0.15, -0.1) is 0 Å². The number of carbonyl (C=O) groups is 2. The Balaban J connectivity index is 1.79. The average Bonchev–Trinajstić information content (AvgIpc) is 3.06. The van der Waals surface area contributed by atoms with Gasteiger partial charge in [-0.05, 0) is 51.7 Å². The maximum Gasteiger partial charge on any atom is 0.313 e. The lowest BCUT2D eigenvalue weighted by Gasteiger charge is -2.29. The highest BCUT2D eigenvalue weighted by molar-refractivity contribution is 5.99. The van der Waals surface area contributed by atoms with Crippen LogP contribution < -0.4 is 4.90 Å². The van der Waals surface area contributed by atoms with Crippen molar-refractivity contribution in [2.45, 2.75) is 39.5 Å². The third kappa shape index (κ3) is 3.62. The molecule has 0 aromatic carbocycles. The molecule has 3 heterocycles. The van der Waals surface area contributed by atoms with Crippen molar-refractivity contribution < 1.29 is 14.3 Å². The lowest BCUT2D eigenvalue weighted by atomic mass is 9.90. The third-order valence-corrected chi connectivity index (χ3v) is 5.20. The van der Waals surface area contributed by atoms with Crippen LogP contribution in [0.5, 0.6) is 0 Å². The summed E-state index contributed by atoms with van der Waals surface area (Å²) in [5.41, 5.74) is 0.0939. The Kier molecular flexibility index (Phi) is 5.25. The van der Waals surface area contributed by atoms with Crippen molar-refractivity contribution in [3.05, 3.63) is 23.9 Å². The topological polar surface area (TPSA) is 62.7 Å². The summed E-state index contributed by atoms with van der Waals surface area (Å²) in [6, 6.07) is 3.65. The highest BCUT2D eigenvalue weighted by Crippen LogP contribution is 2.35. The van der Waals surface area contributed by atoms with Crippen molar-refractivity contribution in [3.63, 3.8) is 0 Å². The predicted molar refractivity (Wildman–Crippen MR) is 95.6 cm³/mol. The number of hydrogen-bond acceptors (Lipinski definition) is 5. The molecule has 2 aliphatic heterocycles. The minimum absolute atomic E-state index is 0.0486. The number of nitrogens with zero attached hydrogens (tertiary/aromatic N) is 3. The molecule has 1 atom stereocenters. The van der Waals surface area contributed by atoms with Crippen molar-refractivity contribution in [3.8, 4) is 0 Å². The standard InChI is InChI=1S/C19H27N3O3/c1-3-25-18(24)19(2)9-13-22(14-19)16-15(8-7-10-20-16)17(23)21-11-5-4-6-12-21/h7-8,10H,3-6,9,11-14H2,1-2H3. The Bertz CT molecular complexity index is 643. The number of esters is 1. The fourth-order valence-electron chi connectivity index (χ4n) is 3.70. The molecular weight excluding hydrogens is 318 g/mol. The second-order valence-electron chi connectivity index (χ2n) is 7.18. The van der Waals surface area contributed by atoms with Crippen LogP contribution in [0, 0.1) is 5.41 Å². The van der Waals surface area contributed by atoms with Gasteiger partial charge in [0.15, 0.2) is 0 Å². The van der Waals surface area contributed by atoms with Crippen LogP contribution in [0.15, 0.2) is 18.3 Å². The Morgan fingerprint density at radius 1 is 1.24 bits per heavy atom. The molecule has 1 unspecified atom stereocenters. The molecule has 0 aliphatic carbocycles. The SMILES string of the molecule is CCOC(=O)C1(C)CCN(c2ncccc2C(=O)N2CCCCC2)C1. The largest absolute Gasteiger partial charge is 0.466 e. The summed E-state index contributed by atoms with van der Waals surface area (Å²) in [5, 5.41) is 0. The van der Waals surface area contributed by atoms with E-state index in [4.69, 9.17) is 4.74 Å². The van der Waals surface area contributed by atoms with Crippen molar-refractivity contribution in [2.75, 3.05) is 37.7 Å². The number of anilines is 1. The van der Waals surface area contributed by atoms with Crippen molar-refractivity contribution >= 4 is 17.7 Å². The Labute approximate surface area is 149 Å². The van der Waals surface area contributed by atoms with Gasteiger partial charge < -0.3 is 14.5 Å². The number of hydrogen-bond donors (Lipinski definition) is 0. The summed E-state index contributed by atoms with van der Waals surface area (Å²) in [6.45, 7) is 7.00. The Hall–Kier alpha value is -2.11. The van der Waals surface area contributed by atoms with Crippen molar-refractivity contribution in [1.82, 2.24) is 9.88 Å². The van der Waals surface area contributed by atoms with E-state index in [1.807, 2.05) is 29.7 Å². The first-order valence-electron chi connectivity index (χ1n) is 9.21. The van der Waals surface area contributed by atoms with E-state index in [9.17, 15) is 9.59 Å². The molecule has 6 heteroatoms. The van der Waals surface area contributed by atoms with Crippen molar-refractivity contribution in [2.24, 2.45) is 5.41 Å². The van der Waals surface area contributed by atoms with Crippen LogP contribution in [0.2, 0.25) is 0 Å². The highest BCUT2D eigenvalue weighted by Gasteiger charge is 2.43. The first-order chi connectivity index (χ1) is 12.0. The normalized spacial score (nSPS) is 23.6. The molecule has 3 rings (SSSR count). The van der Waals surface area contributed by atoms with Crippen molar-refractivity contribution in [1.29, 1.82) is 0 Å². The number of amides is 1. The van der Waals surface area contributed by atoms with E-state index in [1.165, 1.54) is 6.42 Å². The van der Waals surface area contributed by atoms with E-state index in [2.05, 4.69) is 4.98 Å². The van der Waals surface area contributed by atoms with E-state index >= 15 is 0 Å². The highest BCUT2D eigenvalue weighted by atomic mass is 16.5. The zero-order chi connectivity index (χ0) is 17.9. The van der Waals surface area contributed by atoms with Crippen LogP contribution in [0.1, 0.15) is 49.9 Å². The minimum atomic E-state index is -0.543. The van der Waals surface area contributed by atoms with Gasteiger partial charge in [0.25, 0.3) is 5.91 Å². The molecule has 6 nitrogen and oxygen atoms in total. The Morgan fingerprint density at radius 3 is 2.72 bits per heavy atom. The summed E-state index contributed by atoms with van der Waals surface area (Å²) in [4.78, 5) is 33.7. The molecule has 2 aliphatic rings. The lowest BCUT2D eigenvalue weighted by Crippen LogP contribution is -2.38. The maximum atomic E-state index is 12.9. The summed E-state index contributed by atoms with van der Waals surface area (Å²) < 4.78 is 5.22. The summed E-state index contributed by atoms with van der Waals surface area (Å²) in [6.07, 6.45) is 5.73. The molecule has 25 heavy (non-hydrogen) atoms. The molecular formula is C19H27N3O3. The zero-order valence-electron chi connectivity index (χ0n) is 15.2. The fraction of sp³-hybridized carbons (Fsp3) is 0.632. The molecule has 2 saturated heterocycles. The van der Waals surface area contributed by atoms with Gasteiger partial charge in [-0.25, -0.2) is 4.98 Å². The summed E-state index contributed by atoms with van der Waals surface area (Å²) >= 11 is 0. The van der Waals surface area contributed by atoms with Gasteiger partial charge in [0.1, 0.15) is 5.82 Å². The molecule has 136 valence electrons. The van der Waals surface area contributed by atoms with Gasteiger partial charge in [0.2, 0.25) is 0 Å². The molecule has 0 N–H and O–H groups in total. The predicted octanol–water partition coefficient (Wildman–Crippen LogP) is 2.49. The van der Waals surface area contributed by atoms with Crippen LogP contribution >= 0.6 is 0 Å². The number of rotatable bonds is 4. The third-order valence-electron chi connectivity index (χ3n) is 5.20. The van der Waals surface area contributed by atoms with E-state index < -0.39 is 5.41 Å². The second-order valence-corrected chi connectivity index (χ2v) is 7.18. The van der Waals surface area contributed by atoms with Gasteiger partial charge >= 0.3 is 5.97 Å². The molecule has 0 bridgehead atoms. The molecule has 0 saturated carbocycles. The molecule has 1 aromatic heterocycles. The number of carbonyl (C=O) groups excluding carboxylic acids is 2. The first kappa shape index (κ1) is 17.7. The smallest absolute Gasteiger partial charge is 0.313 e. The average molecular weight is 345 g/mol. The molecule has 0 radical (unpaired) electrons. The van der Waals surface area contributed by atoms with Crippen LogP contribution in [0.4, 0.5) is 5.82 Å². The van der Waals surface area contributed by atoms with Crippen LogP contribution in [-0.2, 0) is 9.53 Å². The summed E-state index contributed by atoms with van der Waals surface area (Å²) in [5.74, 6) is 0.566. The monoisotopic (exact) mass is 345 g/mol. The first-order valence-corrected chi connectivity index (χ1v) is 9.21. The van der Waals surface area contributed by atoms with Gasteiger partial charge in [0, 0.05) is 32.4 Å². The van der Waals surface area contributed by atoms with Crippen LogP contribution in [0.25, 0.3) is 0 Å². The second kappa shape index (κ2) is 7.42. The maximum absolute atomic E-state index is 12.9. The molecule has 1 amide bonds. The quantitative estimate of drug-likeness (QED) is 0.785. The number of piperidine rings is 1. The van der Waals surface area contributed by atoms with Crippen LogP contribution in [-0.4, -0.2) is 54.5 Å². The zero-order valence-corrected chi connectivity index (χ0v) is 15.2. The number of ether oxygens (including phenoxy) is 1. The lowest BCUT2D eigenvalue weighted by molar-refractivity contribution is -0.153. The van der Waals surface area contributed by atoms with Gasteiger partial charge in [0.05, 0.1) is 17.6 Å². The van der Waals surface area contributed by atoms with E-state index in [1.54, 1.807) is 12.3 Å². The van der Waals surface area contributed by atoms with Gasteiger partial charge in [-0.2, -0.15) is 0 Å². The summed E-state index contributed by atoms with van der Waals surface area (Å²) in [7, 11) is 0. The number of aromatic nitrogens is 1. The van der Waals surface area contributed by atoms with Gasteiger partial charge in [-0.1, -0.05) is 0 Å². The van der Waals surface area contributed by atoms with E-state index in [-0.39, 0.29) is 11.9 Å². The molecule has 2 fully saturated rings. The van der Waals surface area contributed by atoms with Gasteiger partial charge in [-0.3, -0.25) is 9.59 Å².